The number of carbonyl (C=O) groups is 1. The summed E-state index contributed by atoms with van der Waals surface area (Å²) < 4.78 is 24.6. The fourth-order valence-electron chi connectivity index (χ4n) is 2.44. The van der Waals surface area contributed by atoms with Crippen molar-refractivity contribution in [2.24, 2.45) is 5.10 Å². The van der Waals surface area contributed by atoms with Crippen LogP contribution in [-0.4, -0.2) is 24.2 Å². The lowest BCUT2D eigenvalue weighted by atomic mass is 10.1. The van der Waals surface area contributed by atoms with Gasteiger partial charge in [-0.15, -0.1) is 0 Å². The Bertz CT molecular complexity index is 978. The van der Waals surface area contributed by atoms with E-state index in [1.165, 1.54) is 18.5 Å². The summed E-state index contributed by atoms with van der Waals surface area (Å²) in [5.74, 6) is -0.0292. The topological polar surface area (TPSA) is 72.8 Å². The van der Waals surface area contributed by atoms with Gasteiger partial charge in [0.15, 0.2) is 11.6 Å². The van der Waals surface area contributed by atoms with E-state index in [0.717, 1.165) is 5.56 Å². The molecule has 7 heteroatoms. The third kappa shape index (κ3) is 4.91. The van der Waals surface area contributed by atoms with Gasteiger partial charge in [-0.3, -0.25) is 9.78 Å². The van der Waals surface area contributed by atoms with Crippen LogP contribution >= 0.6 is 0 Å². The van der Waals surface area contributed by atoms with Crippen LogP contribution in [0.3, 0.4) is 0 Å². The number of amides is 1. The van der Waals surface area contributed by atoms with E-state index >= 15 is 0 Å². The molecule has 142 valence electrons. The summed E-state index contributed by atoms with van der Waals surface area (Å²) in [5, 5.41) is 3.95. The number of methoxy groups -OCH3 is 1. The fraction of sp³-hybridized carbons (Fsp3) is 0.0952. The highest BCUT2D eigenvalue weighted by Crippen LogP contribution is 2.23. The number of hydrazone groups is 1. The van der Waals surface area contributed by atoms with E-state index in [0.29, 0.717) is 16.9 Å². The van der Waals surface area contributed by atoms with Gasteiger partial charge >= 0.3 is 0 Å². The molecule has 2 aromatic carbocycles. The van der Waals surface area contributed by atoms with Crippen LogP contribution in [0.5, 0.6) is 11.5 Å². The Morgan fingerprint density at radius 2 is 2.04 bits per heavy atom. The number of hydrogen-bond donors (Lipinski definition) is 1. The molecule has 0 aliphatic heterocycles. The van der Waals surface area contributed by atoms with Gasteiger partial charge in [-0.2, -0.15) is 5.10 Å². The maximum absolute atomic E-state index is 13.7. The molecule has 3 aromatic rings. The lowest BCUT2D eigenvalue weighted by Gasteiger charge is -2.11. The number of para-hydroxylation sites is 1. The molecule has 0 aliphatic carbocycles. The van der Waals surface area contributed by atoms with Crippen molar-refractivity contribution in [2.45, 2.75) is 6.61 Å². The first-order valence-electron chi connectivity index (χ1n) is 8.45. The molecule has 0 saturated carbocycles. The summed E-state index contributed by atoms with van der Waals surface area (Å²) in [7, 11) is 1.55. The van der Waals surface area contributed by atoms with E-state index in [1.807, 2.05) is 0 Å². The Morgan fingerprint density at radius 3 is 2.79 bits per heavy atom. The highest BCUT2D eigenvalue weighted by atomic mass is 19.1. The summed E-state index contributed by atoms with van der Waals surface area (Å²) >= 11 is 0. The summed E-state index contributed by atoms with van der Waals surface area (Å²) in [5.41, 5.74) is 4.29. The van der Waals surface area contributed by atoms with Crippen molar-refractivity contribution in [2.75, 3.05) is 7.11 Å². The summed E-state index contributed by atoms with van der Waals surface area (Å²) in [6.45, 7) is 0.119. The van der Waals surface area contributed by atoms with E-state index in [2.05, 4.69) is 15.5 Å². The van der Waals surface area contributed by atoms with Gasteiger partial charge in [-0.05, 0) is 48.0 Å². The van der Waals surface area contributed by atoms with Gasteiger partial charge < -0.3 is 9.47 Å². The number of rotatable bonds is 7. The number of nitrogens with zero attached hydrogens (tertiary/aromatic N) is 2. The number of hydrogen-bond acceptors (Lipinski definition) is 5. The Hall–Kier alpha value is -3.74. The van der Waals surface area contributed by atoms with Crippen LogP contribution in [-0.2, 0) is 6.61 Å². The SMILES string of the molecule is COc1ccc(C=NNC(=O)c2cccnc2)cc1COc1ccccc1F. The van der Waals surface area contributed by atoms with Gasteiger partial charge in [0.2, 0.25) is 0 Å². The zero-order chi connectivity index (χ0) is 19.8. The maximum atomic E-state index is 13.7. The Morgan fingerprint density at radius 1 is 1.18 bits per heavy atom. The van der Waals surface area contributed by atoms with E-state index in [9.17, 15) is 9.18 Å². The number of ether oxygens (including phenoxy) is 2. The molecule has 0 fully saturated rings. The van der Waals surface area contributed by atoms with Gasteiger partial charge in [0, 0.05) is 18.0 Å². The van der Waals surface area contributed by atoms with Crippen LogP contribution in [0.15, 0.2) is 72.1 Å². The van der Waals surface area contributed by atoms with Crippen molar-refractivity contribution >= 4 is 12.1 Å². The number of halogens is 1. The van der Waals surface area contributed by atoms with Crippen LogP contribution < -0.4 is 14.9 Å². The molecule has 1 heterocycles. The summed E-state index contributed by atoms with van der Waals surface area (Å²) in [4.78, 5) is 15.8. The quantitative estimate of drug-likeness (QED) is 0.503. The molecule has 1 N–H and O–H groups in total. The molecule has 1 aromatic heterocycles. The number of carbonyl (C=O) groups excluding carboxylic acids is 1. The van der Waals surface area contributed by atoms with Crippen molar-refractivity contribution in [1.29, 1.82) is 0 Å². The molecule has 0 radical (unpaired) electrons. The monoisotopic (exact) mass is 379 g/mol. The van der Waals surface area contributed by atoms with Gasteiger partial charge in [-0.1, -0.05) is 12.1 Å². The van der Waals surface area contributed by atoms with Crippen LogP contribution in [0.25, 0.3) is 0 Å². The molecule has 0 bridgehead atoms. The van der Waals surface area contributed by atoms with E-state index in [4.69, 9.17) is 9.47 Å². The molecular formula is C21H18FN3O3. The van der Waals surface area contributed by atoms with E-state index < -0.39 is 5.82 Å². The van der Waals surface area contributed by atoms with Crippen molar-refractivity contribution in [1.82, 2.24) is 10.4 Å². The molecule has 1 amide bonds. The lowest BCUT2D eigenvalue weighted by molar-refractivity contribution is 0.0955. The van der Waals surface area contributed by atoms with Crippen molar-refractivity contribution in [3.05, 3.63) is 89.5 Å². The first-order valence-corrected chi connectivity index (χ1v) is 8.45. The summed E-state index contributed by atoms with van der Waals surface area (Å²) in [6, 6.07) is 14.8. The maximum Gasteiger partial charge on any atom is 0.272 e. The molecule has 3 rings (SSSR count). The predicted octanol–water partition coefficient (Wildman–Crippen LogP) is 3.57. The van der Waals surface area contributed by atoms with Crippen molar-refractivity contribution in [3.8, 4) is 11.5 Å². The highest BCUT2D eigenvalue weighted by Gasteiger charge is 2.08. The third-order valence-corrected chi connectivity index (χ3v) is 3.83. The second kappa shape index (κ2) is 9.27. The Kier molecular flexibility index (Phi) is 6.30. The van der Waals surface area contributed by atoms with Crippen molar-refractivity contribution < 1.29 is 18.7 Å². The van der Waals surface area contributed by atoms with Crippen LogP contribution in [0, 0.1) is 5.82 Å². The van der Waals surface area contributed by atoms with Gasteiger partial charge in [0.25, 0.3) is 5.91 Å². The highest BCUT2D eigenvalue weighted by molar-refractivity contribution is 5.94. The van der Waals surface area contributed by atoms with E-state index in [1.54, 1.807) is 61.8 Å². The Labute approximate surface area is 161 Å². The van der Waals surface area contributed by atoms with Gasteiger partial charge in [0.05, 0.1) is 18.9 Å². The van der Waals surface area contributed by atoms with Crippen LogP contribution in [0.4, 0.5) is 4.39 Å². The lowest BCUT2D eigenvalue weighted by Crippen LogP contribution is -2.17. The molecule has 0 spiro atoms. The second-order valence-corrected chi connectivity index (χ2v) is 5.73. The number of nitrogens with one attached hydrogen (secondary N) is 1. The number of pyridine rings is 1. The molecule has 0 saturated heterocycles. The van der Waals surface area contributed by atoms with Gasteiger partial charge in [0.1, 0.15) is 12.4 Å². The minimum atomic E-state index is -0.433. The average Bonchev–Trinajstić information content (AvgIpc) is 2.74. The molecule has 0 unspecified atom stereocenters. The van der Waals surface area contributed by atoms with Crippen molar-refractivity contribution in [3.63, 3.8) is 0 Å². The third-order valence-electron chi connectivity index (χ3n) is 3.83. The smallest absolute Gasteiger partial charge is 0.272 e. The summed E-state index contributed by atoms with van der Waals surface area (Å²) in [6.07, 6.45) is 4.54. The molecule has 0 atom stereocenters. The minimum absolute atomic E-state index is 0.119. The minimum Gasteiger partial charge on any atom is -0.496 e. The number of benzene rings is 2. The zero-order valence-corrected chi connectivity index (χ0v) is 15.1. The number of aromatic nitrogens is 1. The molecule has 6 nitrogen and oxygen atoms in total. The van der Waals surface area contributed by atoms with Crippen LogP contribution in [0.2, 0.25) is 0 Å². The molecule has 28 heavy (non-hydrogen) atoms. The van der Waals surface area contributed by atoms with Crippen LogP contribution in [0.1, 0.15) is 21.5 Å². The predicted molar refractivity (Wildman–Crippen MR) is 103 cm³/mol. The fourth-order valence-corrected chi connectivity index (χ4v) is 2.44. The normalized spacial score (nSPS) is 10.6. The standard InChI is InChI=1S/C21H18FN3O3/c1-27-19-9-8-15(12-24-25-21(26)16-5-4-10-23-13-16)11-17(19)14-28-20-7-3-2-6-18(20)22/h2-13H,14H2,1H3,(H,25,26). The first-order chi connectivity index (χ1) is 13.7. The largest absolute Gasteiger partial charge is 0.496 e. The van der Waals surface area contributed by atoms with E-state index in [-0.39, 0.29) is 18.3 Å². The molecular weight excluding hydrogens is 361 g/mol. The second-order valence-electron chi connectivity index (χ2n) is 5.73. The molecule has 0 aliphatic rings. The zero-order valence-electron chi connectivity index (χ0n) is 15.1. The van der Waals surface area contributed by atoms with Gasteiger partial charge in [-0.25, -0.2) is 9.82 Å². The Balaban J connectivity index is 1.68. The first kappa shape index (κ1) is 19.0. The average molecular weight is 379 g/mol.